The van der Waals surface area contributed by atoms with Gasteiger partial charge in [0.15, 0.2) is 0 Å². The molecule has 84 valence electrons. The van der Waals surface area contributed by atoms with Crippen molar-refractivity contribution in [3.63, 3.8) is 0 Å². The van der Waals surface area contributed by atoms with Gasteiger partial charge in [0.05, 0.1) is 0 Å². The third kappa shape index (κ3) is 2.68. The summed E-state index contributed by atoms with van der Waals surface area (Å²) in [5, 5.41) is 10.9. The van der Waals surface area contributed by atoms with E-state index in [2.05, 4.69) is 22.4 Å². The zero-order valence-corrected chi connectivity index (χ0v) is 9.25. The van der Waals surface area contributed by atoms with E-state index < -0.39 is 0 Å². The predicted octanol–water partition coefficient (Wildman–Crippen LogP) is 1.61. The van der Waals surface area contributed by atoms with Gasteiger partial charge in [-0.05, 0) is 18.3 Å². The van der Waals surface area contributed by atoms with Gasteiger partial charge in [0.2, 0.25) is 5.89 Å². The van der Waals surface area contributed by atoms with Crippen LogP contribution in [0.2, 0.25) is 0 Å². The number of nitrogens with zero attached hydrogens (tertiary/aromatic N) is 2. The second-order valence-corrected chi connectivity index (χ2v) is 4.40. The molecule has 2 rings (SSSR count). The van der Waals surface area contributed by atoms with Crippen LogP contribution in [0.5, 0.6) is 0 Å². The zero-order chi connectivity index (χ0) is 10.7. The van der Waals surface area contributed by atoms with Crippen molar-refractivity contribution in [2.45, 2.75) is 26.7 Å². The first-order chi connectivity index (χ1) is 7.18. The number of aromatic nitrogens is 2. The Morgan fingerprint density at radius 1 is 1.33 bits per heavy atom. The molecule has 15 heavy (non-hydrogen) atoms. The highest BCUT2D eigenvalue weighted by Crippen LogP contribution is 2.29. The van der Waals surface area contributed by atoms with Crippen LogP contribution in [0, 0.1) is 12.3 Å². The maximum Gasteiger partial charge on any atom is 0.315 e. The molecule has 1 aromatic rings. The molecule has 0 aliphatic carbocycles. The molecule has 1 aliphatic heterocycles. The summed E-state index contributed by atoms with van der Waals surface area (Å²) in [6, 6.07) is 0.514. The zero-order valence-electron chi connectivity index (χ0n) is 9.25. The van der Waals surface area contributed by atoms with E-state index in [1.165, 1.54) is 0 Å². The summed E-state index contributed by atoms with van der Waals surface area (Å²) in [4.78, 5) is 0. The van der Waals surface area contributed by atoms with Gasteiger partial charge >= 0.3 is 6.01 Å². The highest BCUT2D eigenvalue weighted by molar-refractivity contribution is 5.17. The summed E-state index contributed by atoms with van der Waals surface area (Å²) in [7, 11) is 0. The first-order valence-corrected chi connectivity index (χ1v) is 5.30. The lowest BCUT2D eigenvalue weighted by Crippen LogP contribution is -2.33. The lowest BCUT2D eigenvalue weighted by molar-refractivity contribution is 0.0298. The molecule has 5 heteroatoms. The van der Waals surface area contributed by atoms with Crippen molar-refractivity contribution in [1.82, 2.24) is 10.2 Å². The molecule has 0 saturated carbocycles. The number of aryl methyl sites for hydroxylation is 1. The van der Waals surface area contributed by atoms with E-state index in [9.17, 15) is 0 Å². The lowest BCUT2D eigenvalue weighted by atomic mass is 9.82. The SMILES string of the molecule is Cc1nnc(NCC2(C)CCOCC2)o1. The molecule has 0 atom stereocenters. The van der Waals surface area contributed by atoms with Gasteiger partial charge in [-0.15, -0.1) is 5.10 Å². The Balaban J connectivity index is 1.86. The Morgan fingerprint density at radius 2 is 2.07 bits per heavy atom. The summed E-state index contributed by atoms with van der Waals surface area (Å²) in [5.74, 6) is 0.592. The normalized spacial score (nSPS) is 20.1. The summed E-state index contributed by atoms with van der Waals surface area (Å²) >= 11 is 0. The summed E-state index contributed by atoms with van der Waals surface area (Å²) < 4.78 is 10.6. The molecule has 0 amide bonds. The van der Waals surface area contributed by atoms with E-state index in [0.717, 1.165) is 32.6 Å². The number of rotatable bonds is 3. The van der Waals surface area contributed by atoms with Crippen LogP contribution in [0.1, 0.15) is 25.7 Å². The molecule has 0 unspecified atom stereocenters. The van der Waals surface area contributed by atoms with Gasteiger partial charge < -0.3 is 14.5 Å². The van der Waals surface area contributed by atoms with Crippen molar-refractivity contribution in [3.05, 3.63) is 5.89 Å². The van der Waals surface area contributed by atoms with Crippen molar-refractivity contribution in [2.24, 2.45) is 5.41 Å². The molecule has 0 aromatic carbocycles. The van der Waals surface area contributed by atoms with Crippen LogP contribution in [0.25, 0.3) is 0 Å². The van der Waals surface area contributed by atoms with Crippen LogP contribution in [-0.2, 0) is 4.74 Å². The van der Waals surface area contributed by atoms with Crippen LogP contribution in [0.4, 0.5) is 6.01 Å². The van der Waals surface area contributed by atoms with Crippen molar-refractivity contribution < 1.29 is 9.15 Å². The van der Waals surface area contributed by atoms with Gasteiger partial charge in [-0.1, -0.05) is 12.0 Å². The molecule has 0 bridgehead atoms. The number of hydrogen-bond acceptors (Lipinski definition) is 5. The van der Waals surface area contributed by atoms with E-state index in [-0.39, 0.29) is 5.41 Å². The molecule has 0 radical (unpaired) electrons. The minimum Gasteiger partial charge on any atom is -0.408 e. The minimum atomic E-state index is 0.278. The monoisotopic (exact) mass is 211 g/mol. The average Bonchev–Trinajstić information content (AvgIpc) is 2.63. The van der Waals surface area contributed by atoms with E-state index >= 15 is 0 Å². The number of hydrogen-bond donors (Lipinski definition) is 1. The summed E-state index contributed by atoms with van der Waals surface area (Å²) in [6.07, 6.45) is 2.15. The van der Waals surface area contributed by atoms with Crippen LogP contribution in [0.3, 0.4) is 0 Å². The van der Waals surface area contributed by atoms with Crippen molar-refractivity contribution in [1.29, 1.82) is 0 Å². The van der Waals surface area contributed by atoms with Gasteiger partial charge in [-0.25, -0.2) is 0 Å². The maximum atomic E-state index is 5.34. The molecule has 2 heterocycles. The van der Waals surface area contributed by atoms with Crippen LogP contribution >= 0.6 is 0 Å². The first kappa shape index (κ1) is 10.4. The molecule has 1 saturated heterocycles. The van der Waals surface area contributed by atoms with Crippen LogP contribution in [-0.4, -0.2) is 30.0 Å². The minimum absolute atomic E-state index is 0.278. The molecule has 1 aliphatic rings. The standard InChI is InChI=1S/C10H17N3O2/c1-8-12-13-9(15-8)11-7-10(2)3-5-14-6-4-10/h3-7H2,1-2H3,(H,11,13). The fourth-order valence-electron chi connectivity index (χ4n) is 1.70. The highest BCUT2D eigenvalue weighted by atomic mass is 16.5. The fourth-order valence-corrected chi connectivity index (χ4v) is 1.70. The maximum absolute atomic E-state index is 5.34. The first-order valence-electron chi connectivity index (χ1n) is 5.30. The second kappa shape index (κ2) is 4.18. The predicted molar refractivity (Wildman–Crippen MR) is 55.7 cm³/mol. The third-order valence-corrected chi connectivity index (χ3v) is 2.89. The quantitative estimate of drug-likeness (QED) is 0.823. The van der Waals surface area contributed by atoms with Crippen molar-refractivity contribution in [3.8, 4) is 0 Å². The Bertz CT molecular complexity index is 318. The van der Waals surface area contributed by atoms with Gasteiger partial charge in [-0.3, -0.25) is 0 Å². The average molecular weight is 211 g/mol. The summed E-state index contributed by atoms with van der Waals surface area (Å²) in [6.45, 7) is 6.60. The van der Waals surface area contributed by atoms with Crippen molar-refractivity contribution in [2.75, 3.05) is 25.1 Å². The largest absolute Gasteiger partial charge is 0.408 e. The smallest absolute Gasteiger partial charge is 0.315 e. The van der Waals surface area contributed by atoms with E-state index in [4.69, 9.17) is 9.15 Å². The van der Waals surface area contributed by atoms with Crippen LogP contribution in [0.15, 0.2) is 4.42 Å². The van der Waals surface area contributed by atoms with Crippen LogP contribution < -0.4 is 5.32 Å². The molecule has 1 fully saturated rings. The highest BCUT2D eigenvalue weighted by Gasteiger charge is 2.27. The van der Waals surface area contributed by atoms with E-state index in [1.807, 2.05) is 0 Å². The Kier molecular flexibility index (Phi) is 2.90. The Hall–Kier alpha value is -1.10. The Morgan fingerprint density at radius 3 is 2.67 bits per heavy atom. The summed E-state index contributed by atoms with van der Waals surface area (Å²) in [5.41, 5.74) is 0.278. The van der Waals surface area contributed by atoms with E-state index in [1.54, 1.807) is 6.92 Å². The number of ether oxygens (including phenoxy) is 1. The fraction of sp³-hybridized carbons (Fsp3) is 0.800. The van der Waals surface area contributed by atoms with Gasteiger partial charge in [0, 0.05) is 26.7 Å². The molecule has 5 nitrogen and oxygen atoms in total. The third-order valence-electron chi connectivity index (χ3n) is 2.89. The number of anilines is 1. The molecule has 1 aromatic heterocycles. The van der Waals surface area contributed by atoms with Crippen molar-refractivity contribution >= 4 is 6.01 Å². The second-order valence-electron chi connectivity index (χ2n) is 4.40. The molecule has 1 N–H and O–H groups in total. The molecule has 0 spiro atoms. The van der Waals surface area contributed by atoms with Gasteiger partial charge in [0.25, 0.3) is 0 Å². The van der Waals surface area contributed by atoms with E-state index in [0.29, 0.717) is 11.9 Å². The van der Waals surface area contributed by atoms with Gasteiger partial charge in [0.1, 0.15) is 0 Å². The Labute approximate surface area is 89.2 Å². The number of nitrogens with one attached hydrogen (secondary N) is 1. The molecular formula is C10H17N3O2. The topological polar surface area (TPSA) is 60.2 Å². The molecular weight excluding hydrogens is 194 g/mol. The van der Waals surface area contributed by atoms with Gasteiger partial charge in [-0.2, -0.15) is 0 Å². The lowest BCUT2D eigenvalue weighted by Gasteiger charge is -2.33.